The number of hydrogen-bond donors (Lipinski definition) is 0. The molecule has 0 aliphatic carbocycles. The summed E-state index contributed by atoms with van der Waals surface area (Å²) < 4.78 is 10.1. The van der Waals surface area contributed by atoms with Crippen molar-refractivity contribution in [2.24, 2.45) is 0 Å². The largest absolute Gasteiger partial charge is 0.478 e. The number of nitrogens with zero attached hydrogens (tertiary/aromatic N) is 1. The molecule has 0 saturated carbocycles. The number of nitriles is 1. The molecule has 0 aliphatic rings. The van der Waals surface area contributed by atoms with E-state index in [4.69, 9.17) is 10.00 Å². The second kappa shape index (κ2) is 5.35. The van der Waals surface area contributed by atoms with Crippen LogP contribution >= 0.6 is 0 Å². The van der Waals surface area contributed by atoms with Crippen LogP contribution in [0.4, 0.5) is 0 Å². The zero-order valence-electron chi connectivity index (χ0n) is 10.4. The maximum Gasteiger partial charge on any atom is 0.346 e. The Labute approximate surface area is 101 Å². The van der Waals surface area contributed by atoms with Gasteiger partial charge in [-0.15, -0.1) is 0 Å². The summed E-state index contributed by atoms with van der Waals surface area (Å²) in [7, 11) is 1.32. The van der Waals surface area contributed by atoms with Crippen molar-refractivity contribution in [2.45, 2.75) is 26.9 Å². The Morgan fingerprint density at radius 1 is 1.35 bits per heavy atom. The van der Waals surface area contributed by atoms with Crippen LogP contribution in [0.5, 0.6) is 5.75 Å². The molecule has 4 heteroatoms. The summed E-state index contributed by atoms with van der Waals surface area (Å²) in [5, 5.41) is 8.82. The molecule has 0 radical (unpaired) electrons. The summed E-state index contributed by atoms with van der Waals surface area (Å²) in [5.74, 6) is 0.204. The number of benzene rings is 1. The highest BCUT2D eigenvalue weighted by molar-refractivity contribution is 5.74. The molecule has 4 nitrogen and oxygen atoms in total. The summed E-state index contributed by atoms with van der Waals surface area (Å²) in [4.78, 5) is 11.3. The summed E-state index contributed by atoms with van der Waals surface area (Å²) in [6.45, 7) is 5.31. The Hall–Kier alpha value is -2.02. The number of hydrogen-bond acceptors (Lipinski definition) is 4. The molecule has 0 bridgehead atoms. The molecule has 1 atom stereocenters. The molecule has 1 aromatic carbocycles. The zero-order valence-corrected chi connectivity index (χ0v) is 10.4. The lowest BCUT2D eigenvalue weighted by Gasteiger charge is -2.16. The summed E-state index contributed by atoms with van der Waals surface area (Å²) >= 11 is 0. The van der Waals surface area contributed by atoms with Crippen LogP contribution in [0.3, 0.4) is 0 Å². The standard InChI is InChI=1S/C13H15NO3/c1-8-5-11(7-14)6-9(2)12(8)17-10(3)13(15)16-4/h5-6,10H,1-4H3/t10-/m0/s1. The Kier molecular flexibility index (Phi) is 4.11. The van der Waals surface area contributed by atoms with Gasteiger partial charge >= 0.3 is 5.97 Å². The first kappa shape index (κ1) is 13.0. The van der Waals surface area contributed by atoms with E-state index in [1.165, 1.54) is 7.11 Å². The van der Waals surface area contributed by atoms with Gasteiger partial charge in [-0.3, -0.25) is 0 Å². The highest BCUT2D eigenvalue weighted by Crippen LogP contribution is 2.25. The van der Waals surface area contributed by atoms with Gasteiger partial charge in [0.25, 0.3) is 0 Å². The highest BCUT2D eigenvalue weighted by Gasteiger charge is 2.17. The van der Waals surface area contributed by atoms with Crippen molar-refractivity contribution in [2.75, 3.05) is 7.11 Å². The van der Waals surface area contributed by atoms with Crippen molar-refractivity contribution >= 4 is 5.97 Å². The number of carbonyl (C=O) groups excluding carboxylic acids is 1. The van der Waals surface area contributed by atoms with E-state index < -0.39 is 12.1 Å². The molecule has 0 fully saturated rings. The maximum atomic E-state index is 11.3. The van der Waals surface area contributed by atoms with E-state index in [0.717, 1.165) is 11.1 Å². The number of methoxy groups -OCH3 is 1. The summed E-state index contributed by atoms with van der Waals surface area (Å²) in [5.41, 5.74) is 2.24. The average molecular weight is 233 g/mol. The van der Waals surface area contributed by atoms with E-state index in [9.17, 15) is 4.79 Å². The van der Waals surface area contributed by atoms with Crippen molar-refractivity contribution in [1.29, 1.82) is 5.26 Å². The molecule has 0 saturated heterocycles. The van der Waals surface area contributed by atoms with Crippen LogP contribution in [0.2, 0.25) is 0 Å². The quantitative estimate of drug-likeness (QED) is 0.750. The number of esters is 1. The third-order valence-electron chi connectivity index (χ3n) is 2.42. The fraction of sp³-hybridized carbons (Fsp3) is 0.385. The van der Waals surface area contributed by atoms with Gasteiger partial charge in [-0.05, 0) is 44.0 Å². The SMILES string of the molecule is COC(=O)[C@H](C)Oc1c(C)cc(C#N)cc1C. The Morgan fingerprint density at radius 2 is 1.88 bits per heavy atom. The molecule has 0 aromatic heterocycles. The van der Waals surface area contributed by atoms with Crippen molar-refractivity contribution in [3.63, 3.8) is 0 Å². The minimum absolute atomic E-state index is 0.423. The first-order valence-electron chi connectivity index (χ1n) is 5.25. The molecule has 0 aliphatic heterocycles. The van der Waals surface area contributed by atoms with Gasteiger partial charge in [0.05, 0.1) is 18.7 Å². The van der Waals surface area contributed by atoms with E-state index in [-0.39, 0.29) is 0 Å². The van der Waals surface area contributed by atoms with Crippen LogP contribution in [0, 0.1) is 25.2 Å². The van der Waals surface area contributed by atoms with Gasteiger partial charge in [0.15, 0.2) is 6.10 Å². The van der Waals surface area contributed by atoms with Crippen LogP contribution in [0.25, 0.3) is 0 Å². The number of ether oxygens (including phenoxy) is 2. The lowest BCUT2D eigenvalue weighted by Crippen LogP contribution is -2.25. The molecule has 17 heavy (non-hydrogen) atoms. The van der Waals surface area contributed by atoms with Gasteiger partial charge in [-0.2, -0.15) is 5.26 Å². The second-order valence-corrected chi connectivity index (χ2v) is 3.83. The number of carbonyl (C=O) groups is 1. The monoisotopic (exact) mass is 233 g/mol. The molecular formula is C13H15NO3. The van der Waals surface area contributed by atoms with E-state index in [2.05, 4.69) is 10.8 Å². The molecule has 0 heterocycles. The molecule has 0 amide bonds. The molecule has 0 unspecified atom stereocenters. The van der Waals surface area contributed by atoms with Gasteiger partial charge in [0, 0.05) is 0 Å². The highest BCUT2D eigenvalue weighted by atomic mass is 16.6. The molecule has 90 valence electrons. The predicted molar refractivity (Wildman–Crippen MR) is 62.7 cm³/mol. The molecular weight excluding hydrogens is 218 g/mol. The average Bonchev–Trinajstić information content (AvgIpc) is 2.31. The second-order valence-electron chi connectivity index (χ2n) is 3.83. The van der Waals surface area contributed by atoms with E-state index in [0.29, 0.717) is 11.3 Å². The summed E-state index contributed by atoms with van der Waals surface area (Å²) in [6.07, 6.45) is -0.662. The predicted octanol–water partition coefficient (Wildman–Crippen LogP) is 2.12. The van der Waals surface area contributed by atoms with E-state index in [1.54, 1.807) is 19.1 Å². The summed E-state index contributed by atoms with van der Waals surface area (Å²) in [6, 6.07) is 5.53. The third-order valence-corrected chi connectivity index (χ3v) is 2.42. The van der Waals surface area contributed by atoms with E-state index in [1.807, 2.05) is 13.8 Å². The lowest BCUT2D eigenvalue weighted by atomic mass is 10.1. The normalized spacial score (nSPS) is 11.5. The molecule has 1 aromatic rings. The zero-order chi connectivity index (χ0) is 13.0. The minimum Gasteiger partial charge on any atom is -0.478 e. The van der Waals surface area contributed by atoms with Crippen LogP contribution < -0.4 is 4.74 Å². The topological polar surface area (TPSA) is 59.3 Å². The Morgan fingerprint density at radius 3 is 2.29 bits per heavy atom. The maximum absolute atomic E-state index is 11.3. The third kappa shape index (κ3) is 2.97. The number of rotatable bonds is 3. The van der Waals surface area contributed by atoms with Gasteiger partial charge in [0.2, 0.25) is 0 Å². The van der Waals surface area contributed by atoms with Gasteiger partial charge < -0.3 is 9.47 Å². The smallest absolute Gasteiger partial charge is 0.346 e. The van der Waals surface area contributed by atoms with Crippen molar-refractivity contribution in [1.82, 2.24) is 0 Å². The van der Waals surface area contributed by atoms with Gasteiger partial charge in [-0.25, -0.2) is 4.79 Å². The first-order valence-corrected chi connectivity index (χ1v) is 5.25. The lowest BCUT2D eigenvalue weighted by molar-refractivity contribution is -0.147. The molecule has 0 spiro atoms. The fourth-order valence-electron chi connectivity index (χ4n) is 1.59. The van der Waals surface area contributed by atoms with Crippen LogP contribution in [0.15, 0.2) is 12.1 Å². The van der Waals surface area contributed by atoms with Crippen molar-refractivity contribution < 1.29 is 14.3 Å². The van der Waals surface area contributed by atoms with Crippen molar-refractivity contribution in [3.05, 3.63) is 28.8 Å². The first-order chi connectivity index (χ1) is 7.99. The van der Waals surface area contributed by atoms with E-state index >= 15 is 0 Å². The van der Waals surface area contributed by atoms with Crippen LogP contribution in [-0.2, 0) is 9.53 Å². The Balaban J connectivity index is 3.00. The Bertz CT molecular complexity index is 451. The van der Waals surface area contributed by atoms with Crippen molar-refractivity contribution in [3.8, 4) is 11.8 Å². The minimum atomic E-state index is -0.662. The fourth-order valence-corrected chi connectivity index (χ4v) is 1.59. The number of aryl methyl sites for hydroxylation is 2. The molecule has 1 rings (SSSR count). The molecule has 0 N–H and O–H groups in total. The van der Waals surface area contributed by atoms with Gasteiger partial charge in [-0.1, -0.05) is 0 Å². The van der Waals surface area contributed by atoms with Crippen LogP contribution in [0.1, 0.15) is 23.6 Å². The van der Waals surface area contributed by atoms with Crippen LogP contribution in [-0.4, -0.2) is 19.2 Å². The van der Waals surface area contributed by atoms with Gasteiger partial charge in [0.1, 0.15) is 5.75 Å².